The molecule has 0 unspecified atom stereocenters. The van der Waals surface area contributed by atoms with Crippen molar-refractivity contribution in [2.24, 2.45) is 0 Å². The van der Waals surface area contributed by atoms with Crippen LogP contribution in [0, 0.1) is 46.5 Å². The normalized spacial score (nSPS) is 9.80. The zero-order chi connectivity index (χ0) is 30.9. The molecule has 0 aliphatic rings. The number of carbonyl (C=O) groups excluding carboxylic acids is 4. The lowest BCUT2D eigenvalue weighted by Gasteiger charge is -2.10. The van der Waals surface area contributed by atoms with Crippen LogP contribution in [0.1, 0.15) is 0 Å². The van der Waals surface area contributed by atoms with E-state index in [2.05, 4.69) is 45.3 Å². The van der Waals surface area contributed by atoms with Gasteiger partial charge in [0.15, 0.2) is 0 Å². The second kappa shape index (κ2) is 14.0. The van der Waals surface area contributed by atoms with Crippen molar-refractivity contribution in [3.8, 4) is 23.0 Å². The topological polar surface area (TPSA) is 105 Å². The Bertz CT molecular complexity index is 1300. The zero-order valence-corrected chi connectivity index (χ0v) is 19.4. The molecule has 0 fully saturated rings. The lowest BCUT2D eigenvalue weighted by atomic mass is 10.2. The van der Waals surface area contributed by atoms with Crippen molar-refractivity contribution < 1.29 is 73.2 Å². The Labute approximate surface area is 218 Å². The predicted molar refractivity (Wildman–Crippen MR) is 116 cm³/mol. The number of ether oxygens (including phenoxy) is 4. The molecular weight excluding hydrogens is 568 g/mol. The number of hydrogen-bond acceptors (Lipinski definition) is 8. The van der Waals surface area contributed by atoms with Crippen LogP contribution in [0.2, 0.25) is 0 Å². The Hall–Kier alpha value is -5.28. The molecule has 212 valence electrons. The summed E-state index contributed by atoms with van der Waals surface area (Å²) >= 11 is 0. The SMILES string of the molecule is C=CC(=O)Oc1c(F)c(F)c(F)c(OC(=O)C=C)c1F.C=CC(=O)Oc1c(F)c(F)c(OC(=O)C=C)c(F)c1F. The van der Waals surface area contributed by atoms with Crippen LogP contribution in [0.4, 0.5) is 35.1 Å². The molecule has 2 aromatic carbocycles. The first-order valence-electron chi connectivity index (χ1n) is 9.75. The van der Waals surface area contributed by atoms with Crippen LogP contribution in [-0.4, -0.2) is 23.9 Å². The van der Waals surface area contributed by atoms with E-state index in [0.29, 0.717) is 24.3 Å². The van der Waals surface area contributed by atoms with Crippen molar-refractivity contribution in [2.45, 2.75) is 0 Å². The molecule has 0 aliphatic carbocycles. The summed E-state index contributed by atoms with van der Waals surface area (Å²) in [6.45, 7) is 11.8. The van der Waals surface area contributed by atoms with E-state index in [4.69, 9.17) is 0 Å². The third-order valence-corrected chi connectivity index (χ3v) is 3.84. The van der Waals surface area contributed by atoms with E-state index in [1.54, 1.807) is 0 Å². The summed E-state index contributed by atoms with van der Waals surface area (Å²) in [5, 5.41) is 0. The number of carbonyl (C=O) groups is 4. The van der Waals surface area contributed by atoms with E-state index in [9.17, 15) is 54.3 Å². The average molecular weight is 580 g/mol. The Kier molecular flexibility index (Phi) is 11.5. The van der Waals surface area contributed by atoms with Gasteiger partial charge in [-0.15, -0.1) is 0 Å². The van der Waals surface area contributed by atoms with Crippen LogP contribution >= 0.6 is 0 Å². The maximum absolute atomic E-state index is 13.7. The van der Waals surface area contributed by atoms with Gasteiger partial charge in [0.05, 0.1) is 0 Å². The molecule has 40 heavy (non-hydrogen) atoms. The molecule has 2 aromatic rings. The van der Waals surface area contributed by atoms with Crippen molar-refractivity contribution in [3.05, 3.63) is 97.2 Å². The molecule has 0 aromatic heterocycles. The monoisotopic (exact) mass is 580 g/mol. The molecule has 16 heteroatoms. The maximum Gasteiger partial charge on any atom is 0.335 e. The Morgan fingerprint density at radius 1 is 0.375 bits per heavy atom. The highest BCUT2D eigenvalue weighted by molar-refractivity contribution is 5.85. The van der Waals surface area contributed by atoms with Gasteiger partial charge in [0.25, 0.3) is 0 Å². The van der Waals surface area contributed by atoms with Gasteiger partial charge in [0.1, 0.15) is 0 Å². The molecule has 0 N–H and O–H groups in total. The predicted octanol–water partition coefficient (Wildman–Crippen LogP) is 4.85. The van der Waals surface area contributed by atoms with Crippen LogP contribution in [0.25, 0.3) is 0 Å². The van der Waals surface area contributed by atoms with E-state index in [1.807, 2.05) is 0 Å². The Morgan fingerprint density at radius 2 is 0.550 bits per heavy atom. The molecule has 0 heterocycles. The number of rotatable bonds is 8. The van der Waals surface area contributed by atoms with Crippen LogP contribution in [0.5, 0.6) is 23.0 Å². The first-order chi connectivity index (χ1) is 18.7. The standard InChI is InChI=1S/2C12H6F4O4/c1-3-5(17)19-11-7(13)9(15)12(10(16)8(11)14)20-6(18)4-2;1-3-5(17)19-11-8(14)7(13)9(15)12(10(11)16)20-6(18)4-2/h2*3-4H,1-2H2. The van der Waals surface area contributed by atoms with E-state index < -0.39 is 93.4 Å². The molecule has 0 saturated carbocycles. The second-order valence-corrected chi connectivity index (χ2v) is 6.33. The fourth-order valence-electron chi connectivity index (χ4n) is 2.11. The summed E-state index contributed by atoms with van der Waals surface area (Å²) in [6, 6.07) is 0. The van der Waals surface area contributed by atoms with E-state index >= 15 is 0 Å². The van der Waals surface area contributed by atoms with Gasteiger partial charge in [0, 0.05) is 24.3 Å². The molecule has 0 atom stereocenters. The van der Waals surface area contributed by atoms with Crippen LogP contribution in [0.15, 0.2) is 50.6 Å². The highest BCUT2D eigenvalue weighted by Gasteiger charge is 2.31. The molecule has 0 aliphatic heterocycles. The zero-order valence-electron chi connectivity index (χ0n) is 19.4. The number of halogens is 8. The van der Waals surface area contributed by atoms with E-state index in [1.165, 1.54) is 0 Å². The lowest BCUT2D eigenvalue weighted by molar-refractivity contribution is -0.130. The van der Waals surface area contributed by atoms with Gasteiger partial charge in [-0.3, -0.25) is 0 Å². The summed E-state index contributed by atoms with van der Waals surface area (Å²) in [5.41, 5.74) is 0. The van der Waals surface area contributed by atoms with Crippen LogP contribution < -0.4 is 18.9 Å². The summed E-state index contributed by atoms with van der Waals surface area (Å²) in [4.78, 5) is 43.3. The fourth-order valence-corrected chi connectivity index (χ4v) is 2.11. The number of hydrogen-bond donors (Lipinski definition) is 0. The summed E-state index contributed by atoms with van der Waals surface area (Å²) in [6.07, 6.45) is 2.13. The molecule has 8 nitrogen and oxygen atoms in total. The largest absolute Gasteiger partial charge is 0.417 e. The summed E-state index contributed by atoms with van der Waals surface area (Å²) < 4.78 is 123. The third kappa shape index (κ3) is 7.40. The highest BCUT2D eigenvalue weighted by atomic mass is 19.2. The first kappa shape index (κ1) is 32.7. The van der Waals surface area contributed by atoms with Crippen molar-refractivity contribution in [2.75, 3.05) is 0 Å². The smallest absolute Gasteiger partial charge is 0.335 e. The number of esters is 4. The fraction of sp³-hybridized carbons (Fsp3) is 0. The molecule has 0 saturated heterocycles. The van der Waals surface area contributed by atoms with Crippen molar-refractivity contribution >= 4 is 23.9 Å². The molecule has 0 bridgehead atoms. The molecule has 2 rings (SSSR count). The van der Waals surface area contributed by atoms with Gasteiger partial charge >= 0.3 is 23.9 Å². The van der Waals surface area contributed by atoms with Crippen LogP contribution in [-0.2, 0) is 19.2 Å². The molecule has 0 amide bonds. The lowest BCUT2D eigenvalue weighted by Crippen LogP contribution is -2.13. The minimum absolute atomic E-state index is 0.528. The van der Waals surface area contributed by atoms with Gasteiger partial charge in [-0.1, -0.05) is 26.3 Å². The van der Waals surface area contributed by atoms with Gasteiger partial charge < -0.3 is 18.9 Å². The van der Waals surface area contributed by atoms with Gasteiger partial charge in [-0.25, -0.2) is 23.6 Å². The highest BCUT2D eigenvalue weighted by Crippen LogP contribution is 2.36. The number of benzene rings is 2. The van der Waals surface area contributed by atoms with Crippen molar-refractivity contribution in [3.63, 3.8) is 0 Å². The Morgan fingerprint density at radius 3 is 0.750 bits per heavy atom. The van der Waals surface area contributed by atoms with Gasteiger partial charge in [0.2, 0.25) is 69.5 Å². The minimum Gasteiger partial charge on any atom is -0.417 e. The maximum atomic E-state index is 13.7. The van der Waals surface area contributed by atoms with E-state index in [-0.39, 0.29) is 0 Å². The Balaban J connectivity index is 0.000000400. The van der Waals surface area contributed by atoms with Crippen molar-refractivity contribution in [1.29, 1.82) is 0 Å². The average Bonchev–Trinajstić information content (AvgIpc) is 2.95. The van der Waals surface area contributed by atoms with Crippen molar-refractivity contribution in [1.82, 2.24) is 0 Å². The first-order valence-corrected chi connectivity index (χ1v) is 9.75. The minimum atomic E-state index is -2.18. The third-order valence-electron chi connectivity index (χ3n) is 3.84. The van der Waals surface area contributed by atoms with Crippen LogP contribution in [0.3, 0.4) is 0 Å². The molecular formula is C24H12F8O8. The molecule has 0 radical (unpaired) electrons. The summed E-state index contributed by atoms with van der Waals surface area (Å²) in [7, 11) is 0. The van der Waals surface area contributed by atoms with Gasteiger partial charge in [-0.05, 0) is 0 Å². The quantitative estimate of drug-likeness (QED) is 0.109. The molecule has 0 spiro atoms. The van der Waals surface area contributed by atoms with E-state index in [0.717, 1.165) is 0 Å². The second-order valence-electron chi connectivity index (χ2n) is 6.33. The van der Waals surface area contributed by atoms with Gasteiger partial charge in [-0.2, -0.15) is 30.7 Å². The summed E-state index contributed by atoms with van der Waals surface area (Å²) in [5.74, 6) is -28.0.